The Hall–Kier alpha value is -3.33. The second-order valence-electron chi connectivity index (χ2n) is 7.51. The van der Waals surface area contributed by atoms with E-state index in [0.717, 1.165) is 6.42 Å². The number of benzene rings is 1. The molecule has 166 valence electrons. The molecule has 1 amide bonds. The van der Waals surface area contributed by atoms with Gasteiger partial charge in [-0.1, -0.05) is 6.92 Å². The molecule has 2 heterocycles. The molecule has 9 heteroatoms. The zero-order valence-corrected chi connectivity index (χ0v) is 18.3. The molecule has 2 bridgehead atoms. The summed E-state index contributed by atoms with van der Waals surface area (Å²) in [5.74, 6) is -0.213. The molecule has 0 saturated carbocycles. The number of aromatic nitrogens is 1. The van der Waals surface area contributed by atoms with Crippen LogP contribution in [0, 0.1) is 5.82 Å². The lowest BCUT2D eigenvalue weighted by Gasteiger charge is -2.30. The number of nitrogens with two attached hydrogens (primary N) is 2. The van der Waals surface area contributed by atoms with Gasteiger partial charge in [-0.05, 0) is 37.6 Å². The Morgan fingerprint density at radius 3 is 2.77 bits per heavy atom. The number of likely N-dealkylation sites (N-methyl/N-ethyl adjacent to an activating group) is 1. The maximum absolute atomic E-state index is 14.0. The number of rotatable bonds is 4. The number of hydrogen-bond acceptors (Lipinski definition) is 7. The number of hydrogen-bond donors (Lipinski definition) is 3. The first kappa shape index (κ1) is 22.4. The number of ether oxygens (including phenoxy) is 1. The van der Waals surface area contributed by atoms with E-state index >= 15 is 0 Å². The summed E-state index contributed by atoms with van der Waals surface area (Å²) in [6.07, 6.45) is 1.85. The molecule has 0 unspecified atom stereocenters. The van der Waals surface area contributed by atoms with Crippen LogP contribution in [0.15, 0.2) is 36.2 Å². The number of fused-ring (bicyclic) bond motifs is 3. The Labute approximate surface area is 181 Å². The molecular weight excluding hydrogens is 399 g/mol. The summed E-state index contributed by atoms with van der Waals surface area (Å²) in [5.41, 5.74) is 18.3. The summed E-state index contributed by atoms with van der Waals surface area (Å²) in [6, 6.07) is 5.79. The van der Waals surface area contributed by atoms with Crippen LogP contribution in [-0.4, -0.2) is 48.0 Å². The van der Waals surface area contributed by atoms with E-state index in [2.05, 4.69) is 17.3 Å². The largest absolute Gasteiger partial charge is 0.482 e. The lowest BCUT2D eigenvalue weighted by molar-refractivity contribution is 0.0801. The lowest BCUT2D eigenvalue weighted by Crippen LogP contribution is -2.38. The van der Waals surface area contributed by atoms with Gasteiger partial charge in [0, 0.05) is 43.5 Å². The minimum atomic E-state index is -0.636. The normalized spacial score (nSPS) is 19.2. The quantitative estimate of drug-likeness (QED) is 0.642. The first-order valence-electron chi connectivity index (χ1n) is 10.2. The van der Waals surface area contributed by atoms with Gasteiger partial charge in [-0.2, -0.15) is 0 Å². The number of nitrogen functional groups attached to an aromatic ring is 1. The number of amides is 1. The first-order valence-corrected chi connectivity index (χ1v) is 10.2. The minimum Gasteiger partial charge on any atom is -0.482 e. The zero-order chi connectivity index (χ0) is 22.7. The highest BCUT2D eigenvalue weighted by Gasteiger charge is 2.25. The molecule has 1 aromatic carbocycles. The van der Waals surface area contributed by atoms with Crippen molar-refractivity contribution < 1.29 is 13.9 Å². The average molecular weight is 429 g/mol. The second-order valence-corrected chi connectivity index (χ2v) is 7.51. The highest BCUT2D eigenvalue weighted by molar-refractivity contribution is 5.96. The van der Waals surface area contributed by atoms with Crippen molar-refractivity contribution in [1.82, 2.24) is 20.3 Å². The van der Waals surface area contributed by atoms with E-state index in [1.54, 1.807) is 33.3 Å². The van der Waals surface area contributed by atoms with Crippen LogP contribution in [0.3, 0.4) is 0 Å². The van der Waals surface area contributed by atoms with Gasteiger partial charge in [-0.15, -0.1) is 0 Å². The molecular formula is C22H29FN6O2. The van der Waals surface area contributed by atoms with Gasteiger partial charge in [0.15, 0.2) is 11.6 Å². The number of nitrogens with zero attached hydrogens (tertiary/aromatic N) is 3. The summed E-state index contributed by atoms with van der Waals surface area (Å²) in [6.45, 7) is 4.65. The van der Waals surface area contributed by atoms with E-state index < -0.39 is 11.9 Å². The first-order chi connectivity index (χ1) is 14.8. The Kier molecular flexibility index (Phi) is 6.65. The molecule has 5 N–H and O–H groups in total. The molecule has 8 nitrogen and oxygen atoms in total. The van der Waals surface area contributed by atoms with E-state index in [0.29, 0.717) is 40.4 Å². The average Bonchev–Trinajstić information content (AvgIpc) is 2.74. The van der Waals surface area contributed by atoms with Crippen molar-refractivity contribution in [1.29, 1.82) is 0 Å². The number of carbonyl (C=O) groups is 1. The van der Waals surface area contributed by atoms with Crippen LogP contribution in [0.4, 0.5) is 10.2 Å². The third-order valence-corrected chi connectivity index (χ3v) is 5.19. The summed E-state index contributed by atoms with van der Waals surface area (Å²) in [4.78, 5) is 19.0. The van der Waals surface area contributed by atoms with Gasteiger partial charge in [0.25, 0.3) is 5.91 Å². The van der Waals surface area contributed by atoms with Crippen LogP contribution in [-0.2, 0) is 0 Å². The summed E-state index contributed by atoms with van der Waals surface area (Å²) in [5, 5.41) is 1.91. The molecule has 0 spiro atoms. The van der Waals surface area contributed by atoms with Crippen molar-refractivity contribution >= 4 is 17.4 Å². The summed E-state index contributed by atoms with van der Waals surface area (Å²) < 4.78 is 20.1. The molecule has 0 radical (unpaired) electrons. The number of anilines is 1. The van der Waals surface area contributed by atoms with Crippen molar-refractivity contribution in [3.05, 3.63) is 58.7 Å². The van der Waals surface area contributed by atoms with Gasteiger partial charge in [-0.3, -0.25) is 4.79 Å². The van der Waals surface area contributed by atoms with Gasteiger partial charge in [0.05, 0.1) is 17.9 Å². The predicted molar refractivity (Wildman–Crippen MR) is 118 cm³/mol. The highest BCUT2D eigenvalue weighted by atomic mass is 19.1. The maximum Gasteiger partial charge on any atom is 0.254 e. The topological polar surface area (TPSA) is 110 Å². The van der Waals surface area contributed by atoms with Crippen LogP contribution < -0.4 is 21.6 Å². The number of hydrazine groups is 1. The third-order valence-electron chi connectivity index (χ3n) is 5.19. The van der Waals surface area contributed by atoms with Crippen molar-refractivity contribution in [2.75, 3.05) is 32.9 Å². The van der Waals surface area contributed by atoms with Crippen LogP contribution in [0.5, 0.6) is 5.75 Å². The maximum atomic E-state index is 14.0. The molecule has 0 aliphatic carbocycles. The Morgan fingerprint density at radius 1 is 1.35 bits per heavy atom. The van der Waals surface area contributed by atoms with E-state index in [4.69, 9.17) is 16.2 Å². The van der Waals surface area contributed by atoms with Crippen molar-refractivity contribution in [2.24, 2.45) is 5.73 Å². The van der Waals surface area contributed by atoms with Crippen LogP contribution in [0.1, 0.15) is 47.9 Å². The standard InChI is InChI=1S/C22H29FN6O2/c1-5-8-29(26-3)20-14-9-19(21(25)27-11-14)31-13(2)17-10-15(23)6-7-16(17)22(30)28(4)12-18(20)24/h6-7,9-11,13,26H,5,8,12,24H2,1-4H3,(H2,25,27)/b20-18-/t13-/m1/s1. The van der Waals surface area contributed by atoms with Crippen LogP contribution in [0.2, 0.25) is 0 Å². The van der Waals surface area contributed by atoms with Gasteiger partial charge >= 0.3 is 0 Å². The second kappa shape index (κ2) is 9.22. The molecule has 0 fully saturated rings. The van der Waals surface area contributed by atoms with Crippen molar-refractivity contribution in [3.8, 4) is 5.75 Å². The fourth-order valence-corrected chi connectivity index (χ4v) is 3.68. The fraction of sp³-hybridized carbons (Fsp3) is 0.364. The number of carbonyl (C=O) groups excluding carboxylic acids is 1. The Morgan fingerprint density at radius 2 is 2.10 bits per heavy atom. The van der Waals surface area contributed by atoms with E-state index in [1.165, 1.54) is 23.1 Å². The lowest BCUT2D eigenvalue weighted by atomic mass is 10.0. The summed E-state index contributed by atoms with van der Waals surface area (Å²) >= 11 is 0. The highest BCUT2D eigenvalue weighted by Crippen LogP contribution is 2.32. The molecule has 3 rings (SSSR count). The van der Waals surface area contributed by atoms with E-state index in [-0.39, 0.29) is 18.3 Å². The van der Waals surface area contributed by atoms with Crippen LogP contribution >= 0.6 is 0 Å². The number of pyridine rings is 1. The summed E-state index contributed by atoms with van der Waals surface area (Å²) in [7, 11) is 3.46. The van der Waals surface area contributed by atoms with Crippen molar-refractivity contribution in [3.63, 3.8) is 0 Å². The molecule has 1 aliphatic rings. The van der Waals surface area contributed by atoms with Gasteiger partial charge in [0.1, 0.15) is 11.9 Å². The van der Waals surface area contributed by atoms with E-state index in [1.807, 2.05) is 5.01 Å². The van der Waals surface area contributed by atoms with Gasteiger partial charge < -0.3 is 26.1 Å². The number of halogens is 1. The molecule has 1 aromatic heterocycles. The monoisotopic (exact) mass is 428 g/mol. The molecule has 1 atom stereocenters. The van der Waals surface area contributed by atoms with Gasteiger partial charge in [0.2, 0.25) is 0 Å². The van der Waals surface area contributed by atoms with Crippen molar-refractivity contribution in [2.45, 2.75) is 26.4 Å². The van der Waals surface area contributed by atoms with Crippen LogP contribution in [0.25, 0.3) is 5.70 Å². The predicted octanol–water partition coefficient (Wildman–Crippen LogP) is 2.50. The third kappa shape index (κ3) is 4.56. The molecule has 1 aliphatic heterocycles. The molecule has 2 aromatic rings. The Bertz CT molecular complexity index is 1010. The SMILES string of the molecule is CCCN(NC)/C1=C(\N)CN(C)C(=O)c2ccc(F)cc2[C@@H](C)Oc2cc1cnc2N. The zero-order valence-electron chi connectivity index (χ0n) is 18.3. The Balaban J connectivity index is 2.23. The smallest absolute Gasteiger partial charge is 0.254 e. The number of nitrogens with one attached hydrogen (secondary N) is 1. The molecule has 0 saturated heterocycles. The minimum absolute atomic E-state index is 0.168. The molecule has 31 heavy (non-hydrogen) atoms. The van der Waals surface area contributed by atoms with E-state index in [9.17, 15) is 9.18 Å². The van der Waals surface area contributed by atoms with Gasteiger partial charge in [-0.25, -0.2) is 14.8 Å². The fourth-order valence-electron chi connectivity index (χ4n) is 3.68.